The van der Waals surface area contributed by atoms with Crippen LogP contribution in [-0.2, 0) is 0 Å². The lowest BCUT2D eigenvalue weighted by atomic mass is 9.95. The Morgan fingerprint density at radius 1 is 0.935 bits per heavy atom. The lowest BCUT2D eigenvalue weighted by Gasteiger charge is -2.25. The molecule has 0 fully saturated rings. The molecule has 4 rings (SSSR count). The van der Waals surface area contributed by atoms with E-state index in [1.165, 1.54) is 12.4 Å². The van der Waals surface area contributed by atoms with Crippen LogP contribution in [0.25, 0.3) is 11.5 Å². The standard InChI is InChI=1S/C23H19N5O3/c29-20(16-10-5-2-6-11-16)19(15-8-3-1-4-9-15)26-22(30)17-14-24-21(27-23(17)31)18-12-7-13-25-28-18/h1-14,19-20,29H,(H,26,30)(H,24,27,31)/t19-,20+/m1/s1. The van der Waals surface area contributed by atoms with Gasteiger partial charge in [0.15, 0.2) is 5.82 Å². The first-order chi connectivity index (χ1) is 15.1. The quantitative estimate of drug-likeness (QED) is 0.446. The first-order valence-corrected chi connectivity index (χ1v) is 9.59. The minimum Gasteiger partial charge on any atom is -0.386 e. The summed E-state index contributed by atoms with van der Waals surface area (Å²) in [6, 6.07) is 20.6. The summed E-state index contributed by atoms with van der Waals surface area (Å²) in [7, 11) is 0. The average molecular weight is 413 g/mol. The molecule has 0 spiro atoms. The topological polar surface area (TPSA) is 121 Å². The Morgan fingerprint density at radius 2 is 1.61 bits per heavy atom. The number of nitrogens with one attached hydrogen (secondary N) is 2. The molecule has 0 radical (unpaired) electrons. The second-order valence-electron chi connectivity index (χ2n) is 6.80. The predicted octanol–water partition coefficient (Wildman–Crippen LogP) is 2.43. The van der Waals surface area contributed by atoms with Crippen molar-refractivity contribution in [3.05, 3.63) is 112 Å². The van der Waals surface area contributed by atoms with Crippen LogP contribution in [0, 0.1) is 0 Å². The van der Waals surface area contributed by atoms with Crippen molar-refractivity contribution in [3.63, 3.8) is 0 Å². The molecule has 154 valence electrons. The number of hydrogen-bond donors (Lipinski definition) is 3. The van der Waals surface area contributed by atoms with E-state index in [9.17, 15) is 14.7 Å². The van der Waals surface area contributed by atoms with E-state index in [-0.39, 0.29) is 11.4 Å². The highest BCUT2D eigenvalue weighted by molar-refractivity contribution is 5.94. The van der Waals surface area contributed by atoms with Crippen molar-refractivity contribution in [2.24, 2.45) is 0 Å². The molecular formula is C23H19N5O3. The lowest BCUT2D eigenvalue weighted by molar-refractivity contribution is 0.0829. The van der Waals surface area contributed by atoms with Crippen molar-refractivity contribution in [1.29, 1.82) is 0 Å². The Kier molecular flexibility index (Phi) is 5.91. The average Bonchev–Trinajstić information content (AvgIpc) is 2.83. The molecule has 31 heavy (non-hydrogen) atoms. The van der Waals surface area contributed by atoms with Crippen molar-refractivity contribution >= 4 is 5.91 Å². The Morgan fingerprint density at radius 3 is 2.23 bits per heavy atom. The molecule has 2 aromatic carbocycles. The molecule has 0 aliphatic carbocycles. The summed E-state index contributed by atoms with van der Waals surface area (Å²) in [5.41, 5.74) is 0.936. The molecule has 2 heterocycles. The van der Waals surface area contributed by atoms with Crippen LogP contribution in [0.15, 0.2) is 90.0 Å². The van der Waals surface area contributed by atoms with Gasteiger partial charge in [0.2, 0.25) is 0 Å². The molecule has 0 aliphatic heterocycles. The molecule has 0 aliphatic rings. The molecule has 4 aromatic rings. The van der Waals surface area contributed by atoms with E-state index in [4.69, 9.17) is 0 Å². The molecule has 8 heteroatoms. The first-order valence-electron chi connectivity index (χ1n) is 9.59. The number of amides is 1. The summed E-state index contributed by atoms with van der Waals surface area (Å²) < 4.78 is 0. The van der Waals surface area contributed by atoms with Gasteiger partial charge in [0.1, 0.15) is 17.4 Å². The lowest BCUT2D eigenvalue weighted by Crippen LogP contribution is -2.36. The van der Waals surface area contributed by atoms with E-state index >= 15 is 0 Å². The van der Waals surface area contributed by atoms with Gasteiger partial charge in [0, 0.05) is 12.4 Å². The molecule has 3 N–H and O–H groups in total. The van der Waals surface area contributed by atoms with Gasteiger partial charge in [-0.25, -0.2) is 4.98 Å². The predicted molar refractivity (Wildman–Crippen MR) is 114 cm³/mol. The third-order valence-corrected chi connectivity index (χ3v) is 4.76. The van der Waals surface area contributed by atoms with Crippen molar-refractivity contribution in [3.8, 4) is 11.5 Å². The molecule has 0 saturated carbocycles. The maximum Gasteiger partial charge on any atom is 0.264 e. The monoisotopic (exact) mass is 413 g/mol. The number of benzene rings is 2. The van der Waals surface area contributed by atoms with Crippen LogP contribution in [0.4, 0.5) is 0 Å². The number of carbonyl (C=O) groups excluding carboxylic acids is 1. The number of aromatic nitrogens is 4. The number of aromatic amines is 1. The Balaban J connectivity index is 1.63. The zero-order valence-corrected chi connectivity index (χ0v) is 16.3. The summed E-state index contributed by atoms with van der Waals surface area (Å²) in [5, 5.41) is 21.4. The molecule has 0 bridgehead atoms. The van der Waals surface area contributed by atoms with Crippen molar-refractivity contribution in [2.75, 3.05) is 0 Å². The van der Waals surface area contributed by atoms with Gasteiger partial charge >= 0.3 is 0 Å². The van der Waals surface area contributed by atoms with Crippen LogP contribution in [0.3, 0.4) is 0 Å². The van der Waals surface area contributed by atoms with Crippen molar-refractivity contribution < 1.29 is 9.90 Å². The summed E-state index contributed by atoms with van der Waals surface area (Å²) in [4.78, 5) is 32.2. The number of hydrogen-bond acceptors (Lipinski definition) is 6. The fourth-order valence-corrected chi connectivity index (χ4v) is 3.18. The zero-order valence-electron chi connectivity index (χ0n) is 16.3. The molecule has 2 atom stereocenters. The minimum atomic E-state index is -1.02. The largest absolute Gasteiger partial charge is 0.386 e. The molecular weight excluding hydrogens is 394 g/mol. The highest BCUT2D eigenvalue weighted by Crippen LogP contribution is 2.28. The normalized spacial score (nSPS) is 12.7. The summed E-state index contributed by atoms with van der Waals surface area (Å²) >= 11 is 0. The Labute approximate surface area is 177 Å². The highest BCUT2D eigenvalue weighted by Gasteiger charge is 2.26. The third-order valence-electron chi connectivity index (χ3n) is 4.76. The molecule has 8 nitrogen and oxygen atoms in total. The van der Waals surface area contributed by atoms with Crippen molar-refractivity contribution in [2.45, 2.75) is 12.1 Å². The third kappa shape index (κ3) is 4.54. The second kappa shape index (κ2) is 9.10. The van der Waals surface area contributed by atoms with Crippen LogP contribution in [0.1, 0.15) is 33.6 Å². The van der Waals surface area contributed by atoms with E-state index in [1.54, 1.807) is 36.4 Å². The molecule has 0 saturated heterocycles. The molecule has 0 unspecified atom stereocenters. The fourth-order valence-electron chi connectivity index (χ4n) is 3.18. The van der Waals surface area contributed by atoms with Crippen LogP contribution in [0.5, 0.6) is 0 Å². The van der Waals surface area contributed by atoms with Gasteiger partial charge in [-0.05, 0) is 23.3 Å². The van der Waals surface area contributed by atoms with Crippen LogP contribution < -0.4 is 10.9 Å². The number of aliphatic hydroxyl groups is 1. The van der Waals surface area contributed by atoms with E-state index < -0.39 is 23.6 Å². The highest BCUT2D eigenvalue weighted by atomic mass is 16.3. The van der Waals surface area contributed by atoms with E-state index in [0.717, 1.165) is 0 Å². The van der Waals surface area contributed by atoms with Crippen LogP contribution in [-0.4, -0.2) is 31.2 Å². The van der Waals surface area contributed by atoms with Gasteiger partial charge in [-0.3, -0.25) is 9.59 Å². The van der Waals surface area contributed by atoms with E-state index in [1.807, 2.05) is 36.4 Å². The van der Waals surface area contributed by atoms with Gasteiger partial charge < -0.3 is 15.4 Å². The van der Waals surface area contributed by atoms with Gasteiger partial charge in [0.25, 0.3) is 11.5 Å². The maximum atomic E-state index is 12.9. The first kappa shape index (κ1) is 20.1. The number of nitrogens with zero attached hydrogens (tertiary/aromatic N) is 3. The van der Waals surface area contributed by atoms with E-state index in [0.29, 0.717) is 16.8 Å². The molecule has 2 aromatic heterocycles. The van der Waals surface area contributed by atoms with Crippen LogP contribution >= 0.6 is 0 Å². The summed E-state index contributed by atoms with van der Waals surface area (Å²) in [5.74, 6) is -0.443. The molecule has 1 amide bonds. The van der Waals surface area contributed by atoms with Gasteiger partial charge in [-0.2, -0.15) is 5.10 Å². The Hall–Kier alpha value is -4.17. The van der Waals surface area contributed by atoms with Gasteiger partial charge in [-0.1, -0.05) is 60.7 Å². The fraction of sp³-hybridized carbons (Fsp3) is 0.0870. The summed E-state index contributed by atoms with van der Waals surface area (Å²) in [6.07, 6.45) is 1.68. The summed E-state index contributed by atoms with van der Waals surface area (Å²) in [6.45, 7) is 0. The number of aliphatic hydroxyl groups excluding tert-OH is 1. The van der Waals surface area contributed by atoms with Gasteiger partial charge in [-0.15, -0.1) is 5.10 Å². The number of rotatable bonds is 6. The SMILES string of the molecule is O=C(N[C@H](c1ccccc1)[C@@H](O)c1ccccc1)c1cnc(-c2cccnn2)[nH]c1=O. The smallest absolute Gasteiger partial charge is 0.264 e. The maximum absolute atomic E-state index is 12.9. The van der Waals surface area contributed by atoms with Gasteiger partial charge in [0.05, 0.1) is 6.04 Å². The van der Waals surface area contributed by atoms with Crippen LogP contribution in [0.2, 0.25) is 0 Å². The number of carbonyl (C=O) groups is 1. The Bertz CT molecular complexity index is 1210. The van der Waals surface area contributed by atoms with E-state index in [2.05, 4.69) is 25.5 Å². The second-order valence-corrected chi connectivity index (χ2v) is 6.80. The zero-order chi connectivity index (χ0) is 21.6. The minimum absolute atomic E-state index is 0.172. The number of H-pyrrole nitrogens is 1. The van der Waals surface area contributed by atoms with Crippen molar-refractivity contribution in [1.82, 2.24) is 25.5 Å².